The first-order valence-corrected chi connectivity index (χ1v) is 10.2. The van der Waals surface area contributed by atoms with Crippen LogP contribution in [0.2, 0.25) is 0 Å². The lowest BCUT2D eigenvalue weighted by atomic mass is 10.1. The van der Waals surface area contributed by atoms with Crippen LogP contribution in [0.3, 0.4) is 0 Å². The van der Waals surface area contributed by atoms with Gasteiger partial charge in [-0.25, -0.2) is 0 Å². The smallest absolute Gasteiger partial charge is 0.222 e. The topological polar surface area (TPSA) is 84.0 Å². The van der Waals surface area contributed by atoms with E-state index in [2.05, 4.69) is 27.0 Å². The van der Waals surface area contributed by atoms with E-state index in [-0.39, 0.29) is 11.9 Å². The molecule has 1 amide bonds. The number of aliphatic imine (C=N–C) groups is 1. The van der Waals surface area contributed by atoms with Gasteiger partial charge in [0.05, 0.1) is 19.8 Å². The molecule has 3 N–H and O–H groups in total. The summed E-state index contributed by atoms with van der Waals surface area (Å²) in [5.41, 5.74) is 1.16. The van der Waals surface area contributed by atoms with Gasteiger partial charge in [0, 0.05) is 25.6 Å². The van der Waals surface area contributed by atoms with Gasteiger partial charge in [-0.2, -0.15) is 0 Å². The molecule has 0 fully saturated rings. The van der Waals surface area contributed by atoms with E-state index in [1.165, 1.54) is 0 Å². The number of ether oxygens (including phenoxy) is 2. The van der Waals surface area contributed by atoms with Crippen LogP contribution in [0.15, 0.2) is 23.2 Å². The van der Waals surface area contributed by atoms with Crippen molar-refractivity contribution in [1.29, 1.82) is 0 Å². The first kappa shape index (κ1) is 23.6. The number of nitrogens with zero attached hydrogens (tertiary/aromatic N) is 1. The molecule has 1 aromatic rings. The Labute approximate surface area is 169 Å². The van der Waals surface area contributed by atoms with E-state index in [4.69, 9.17) is 9.47 Å². The maximum absolute atomic E-state index is 11.7. The Morgan fingerprint density at radius 2 is 1.79 bits per heavy atom. The van der Waals surface area contributed by atoms with Crippen molar-refractivity contribution in [3.05, 3.63) is 23.8 Å². The fourth-order valence-electron chi connectivity index (χ4n) is 2.58. The van der Waals surface area contributed by atoms with Gasteiger partial charge < -0.3 is 25.4 Å². The molecule has 0 aliphatic heterocycles. The van der Waals surface area contributed by atoms with Gasteiger partial charge in [0.1, 0.15) is 0 Å². The van der Waals surface area contributed by atoms with Crippen molar-refractivity contribution in [1.82, 2.24) is 16.0 Å². The molecule has 7 heteroatoms. The Morgan fingerprint density at radius 1 is 1.07 bits per heavy atom. The highest BCUT2D eigenvalue weighted by Crippen LogP contribution is 2.28. The number of guanidine groups is 1. The second kappa shape index (κ2) is 13.7. The maximum Gasteiger partial charge on any atom is 0.222 e. The van der Waals surface area contributed by atoms with Crippen LogP contribution in [0.4, 0.5) is 0 Å². The zero-order chi connectivity index (χ0) is 20.8. The van der Waals surface area contributed by atoms with E-state index >= 15 is 0 Å². The number of benzene rings is 1. The fraction of sp³-hybridized carbons (Fsp3) is 0.619. The molecule has 0 atom stereocenters. The quantitative estimate of drug-likeness (QED) is 0.376. The summed E-state index contributed by atoms with van der Waals surface area (Å²) in [5.74, 6) is 2.29. The number of carbonyl (C=O) groups is 1. The van der Waals surface area contributed by atoms with Gasteiger partial charge in [-0.3, -0.25) is 9.79 Å². The normalized spacial score (nSPS) is 11.3. The van der Waals surface area contributed by atoms with Crippen LogP contribution in [0.5, 0.6) is 11.5 Å². The summed E-state index contributed by atoms with van der Waals surface area (Å²) >= 11 is 0. The number of hydrogen-bond acceptors (Lipinski definition) is 4. The predicted molar refractivity (Wildman–Crippen MR) is 114 cm³/mol. The minimum Gasteiger partial charge on any atom is -0.490 e. The Kier molecular flexibility index (Phi) is 11.5. The van der Waals surface area contributed by atoms with Gasteiger partial charge in [-0.05, 0) is 58.7 Å². The molecule has 0 radical (unpaired) electrons. The largest absolute Gasteiger partial charge is 0.490 e. The zero-order valence-electron chi connectivity index (χ0n) is 17.9. The zero-order valence-corrected chi connectivity index (χ0v) is 17.9. The molecular formula is C21H36N4O3. The summed E-state index contributed by atoms with van der Waals surface area (Å²) in [6.07, 6.45) is 1.20. The van der Waals surface area contributed by atoms with E-state index in [1.807, 2.05) is 46.8 Å². The van der Waals surface area contributed by atoms with E-state index in [1.54, 1.807) is 0 Å². The number of hydrogen-bond donors (Lipinski definition) is 3. The lowest BCUT2D eigenvalue weighted by molar-refractivity contribution is -0.121. The molecule has 0 aliphatic carbocycles. The van der Waals surface area contributed by atoms with E-state index in [9.17, 15) is 4.79 Å². The molecule has 158 valence electrons. The molecule has 1 aromatic carbocycles. The second-order valence-electron chi connectivity index (χ2n) is 6.56. The number of nitrogens with one attached hydrogen (secondary N) is 3. The summed E-state index contributed by atoms with van der Waals surface area (Å²) in [7, 11) is 0. The van der Waals surface area contributed by atoms with Crippen molar-refractivity contribution >= 4 is 11.9 Å². The number of carbonyl (C=O) groups excluding carboxylic acids is 1. The summed E-state index contributed by atoms with van der Waals surface area (Å²) in [6, 6.07) is 6.18. The minimum absolute atomic E-state index is 0.0208. The highest BCUT2D eigenvalue weighted by molar-refractivity contribution is 5.80. The third-order valence-corrected chi connectivity index (χ3v) is 3.72. The highest BCUT2D eigenvalue weighted by atomic mass is 16.5. The summed E-state index contributed by atoms with van der Waals surface area (Å²) in [6.45, 7) is 13.0. The molecule has 0 unspecified atom stereocenters. The van der Waals surface area contributed by atoms with Gasteiger partial charge in [-0.1, -0.05) is 6.07 Å². The Hall–Kier alpha value is -2.44. The molecular weight excluding hydrogens is 356 g/mol. The van der Waals surface area contributed by atoms with Crippen LogP contribution in [-0.4, -0.2) is 50.8 Å². The van der Waals surface area contributed by atoms with Crippen LogP contribution in [0.25, 0.3) is 0 Å². The molecule has 0 bridgehead atoms. The average molecular weight is 393 g/mol. The minimum atomic E-state index is 0.0208. The van der Waals surface area contributed by atoms with Crippen molar-refractivity contribution in [2.75, 3.05) is 32.8 Å². The average Bonchev–Trinajstić information content (AvgIpc) is 2.63. The van der Waals surface area contributed by atoms with Gasteiger partial charge in [0.2, 0.25) is 5.91 Å². The first-order valence-electron chi connectivity index (χ1n) is 10.2. The Bertz CT molecular complexity index is 618. The summed E-state index contributed by atoms with van der Waals surface area (Å²) < 4.78 is 11.3. The SMILES string of the molecule is CCNC(=NCCC(=O)NC(C)C)NCCc1ccc(OCC)c(OCC)c1. The van der Waals surface area contributed by atoms with Crippen molar-refractivity contribution < 1.29 is 14.3 Å². The number of amides is 1. The van der Waals surface area contributed by atoms with Crippen molar-refractivity contribution in [2.45, 2.75) is 53.5 Å². The van der Waals surface area contributed by atoms with Gasteiger partial charge in [-0.15, -0.1) is 0 Å². The summed E-state index contributed by atoms with van der Waals surface area (Å²) in [5, 5.41) is 9.38. The summed E-state index contributed by atoms with van der Waals surface area (Å²) in [4.78, 5) is 16.2. The van der Waals surface area contributed by atoms with Crippen LogP contribution >= 0.6 is 0 Å². The van der Waals surface area contributed by atoms with E-state index in [0.29, 0.717) is 26.2 Å². The van der Waals surface area contributed by atoms with E-state index < -0.39 is 0 Å². The molecule has 7 nitrogen and oxygen atoms in total. The van der Waals surface area contributed by atoms with Crippen LogP contribution in [0.1, 0.15) is 46.6 Å². The Balaban J connectivity index is 2.56. The van der Waals surface area contributed by atoms with E-state index in [0.717, 1.165) is 42.5 Å². The molecule has 0 spiro atoms. The Morgan fingerprint density at radius 3 is 2.43 bits per heavy atom. The molecule has 28 heavy (non-hydrogen) atoms. The third-order valence-electron chi connectivity index (χ3n) is 3.72. The monoisotopic (exact) mass is 392 g/mol. The van der Waals surface area contributed by atoms with Crippen LogP contribution in [-0.2, 0) is 11.2 Å². The van der Waals surface area contributed by atoms with Gasteiger partial charge in [0.25, 0.3) is 0 Å². The first-order chi connectivity index (χ1) is 13.5. The van der Waals surface area contributed by atoms with Crippen LogP contribution in [0, 0.1) is 0 Å². The second-order valence-corrected chi connectivity index (χ2v) is 6.56. The van der Waals surface area contributed by atoms with Gasteiger partial charge in [0.15, 0.2) is 17.5 Å². The predicted octanol–water partition coefficient (Wildman–Crippen LogP) is 2.50. The molecule has 0 aliphatic rings. The van der Waals surface area contributed by atoms with Crippen molar-refractivity contribution in [3.8, 4) is 11.5 Å². The molecule has 0 saturated carbocycles. The van der Waals surface area contributed by atoms with Crippen molar-refractivity contribution in [3.63, 3.8) is 0 Å². The third kappa shape index (κ3) is 9.48. The maximum atomic E-state index is 11.7. The molecule has 1 rings (SSSR count). The van der Waals surface area contributed by atoms with Gasteiger partial charge >= 0.3 is 0 Å². The highest BCUT2D eigenvalue weighted by Gasteiger charge is 2.07. The molecule has 0 heterocycles. The van der Waals surface area contributed by atoms with Crippen LogP contribution < -0.4 is 25.4 Å². The lowest BCUT2D eigenvalue weighted by Gasteiger charge is -2.14. The molecule has 0 saturated heterocycles. The van der Waals surface area contributed by atoms with Crippen molar-refractivity contribution in [2.24, 2.45) is 4.99 Å². The number of rotatable bonds is 12. The fourth-order valence-corrected chi connectivity index (χ4v) is 2.58. The molecule has 0 aromatic heterocycles. The standard InChI is InChI=1S/C21H36N4O3/c1-6-22-21(24-14-12-20(26)25-16(4)5)23-13-11-17-9-10-18(27-7-2)19(15-17)28-8-3/h9-10,15-16H,6-8,11-14H2,1-5H3,(H,25,26)(H2,22,23,24). The lowest BCUT2D eigenvalue weighted by Crippen LogP contribution is -2.38.